The van der Waals surface area contributed by atoms with Crippen molar-refractivity contribution >= 4 is 17.7 Å². The largest absolute Gasteiger partial charge is 0.478 e. The molecule has 8 nitrogen and oxygen atoms in total. The molecule has 0 spiro atoms. The Morgan fingerprint density at radius 2 is 2.24 bits per heavy atom. The van der Waals surface area contributed by atoms with E-state index in [0.717, 1.165) is 6.07 Å². The fourth-order valence-corrected chi connectivity index (χ4v) is 1.56. The van der Waals surface area contributed by atoms with Crippen LogP contribution in [-0.2, 0) is 6.54 Å². The number of halogens is 1. The van der Waals surface area contributed by atoms with Gasteiger partial charge in [-0.2, -0.15) is 5.10 Å². The predicted octanol–water partition coefficient (Wildman–Crippen LogP) is 1.31. The SMILES string of the molecule is CN(Cc1ncn[nH]1)C(=O)Nc1ccc(C(=O)O)cc1F. The molecule has 3 N–H and O–H groups in total. The van der Waals surface area contributed by atoms with Crippen molar-refractivity contribution < 1.29 is 19.1 Å². The quantitative estimate of drug-likeness (QED) is 0.787. The molecule has 0 fully saturated rings. The number of H-pyrrole nitrogens is 1. The maximum atomic E-state index is 13.7. The molecule has 2 rings (SSSR count). The number of hydrogen-bond acceptors (Lipinski definition) is 4. The van der Waals surface area contributed by atoms with E-state index in [9.17, 15) is 14.0 Å². The molecule has 0 aliphatic heterocycles. The lowest BCUT2D eigenvalue weighted by Gasteiger charge is -2.16. The monoisotopic (exact) mass is 293 g/mol. The lowest BCUT2D eigenvalue weighted by atomic mass is 10.2. The number of anilines is 1. The second-order valence-corrected chi connectivity index (χ2v) is 4.22. The number of nitrogens with zero attached hydrogens (tertiary/aromatic N) is 3. The van der Waals surface area contributed by atoms with Gasteiger partial charge in [0.2, 0.25) is 0 Å². The van der Waals surface area contributed by atoms with Gasteiger partial charge in [-0.1, -0.05) is 0 Å². The number of carbonyl (C=O) groups excluding carboxylic acids is 1. The topological polar surface area (TPSA) is 111 Å². The highest BCUT2D eigenvalue weighted by Crippen LogP contribution is 2.16. The van der Waals surface area contributed by atoms with Crippen LogP contribution in [0.5, 0.6) is 0 Å². The minimum atomic E-state index is -1.24. The van der Waals surface area contributed by atoms with Crippen LogP contribution in [0.3, 0.4) is 0 Å². The molecule has 0 atom stereocenters. The maximum Gasteiger partial charge on any atom is 0.335 e. The summed E-state index contributed by atoms with van der Waals surface area (Å²) >= 11 is 0. The van der Waals surface area contributed by atoms with Crippen LogP contribution < -0.4 is 5.32 Å². The summed E-state index contributed by atoms with van der Waals surface area (Å²) < 4.78 is 13.7. The van der Waals surface area contributed by atoms with Crippen molar-refractivity contribution in [2.24, 2.45) is 0 Å². The van der Waals surface area contributed by atoms with Gasteiger partial charge in [0.1, 0.15) is 18.0 Å². The smallest absolute Gasteiger partial charge is 0.335 e. The van der Waals surface area contributed by atoms with Crippen molar-refractivity contribution in [1.82, 2.24) is 20.1 Å². The van der Waals surface area contributed by atoms with Crippen molar-refractivity contribution in [3.63, 3.8) is 0 Å². The molecule has 0 radical (unpaired) electrons. The molecule has 0 unspecified atom stereocenters. The van der Waals surface area contributed by atoms with Gasteiger partial charge in [0.25, 0.3) is 0 Å². The Labute approximate surface area is 118 Å². The Morgan fingerprint density at radius 1 is 1.48 bits per heavy atom. The molecule has 2 aromatic rings. The van der Waals surface area contributed by atoms with Gasteiger partial charge in [-0.25, -0.2) is 19.0 Å². The highest BCUT2D eigenvalue weighted by atomic mass is 19.1. The summed E-state index contributed by atoms with van der Waals surface area (Å²) in [7, 11) is 1.50. The van der Waals surface area contributed by atoms with E-state index in [4.69, 9.17) is 5.11 Å². The number of carbonyl (C=O) groups is 2. The van der Waals surface area contributed by atoms with Crippen molar-refractivity contribution in [2.45, 2.75) is 6.54 Å². The lowest BCUT2D eigenvalue weighted by Crippen LogP contribution is -2.31. The molecule has 0 saturated carbocycles. The first kappa shape index (κ1) is 14.4. The number of aromatic carboxylic acids is 1. The second kappa shape index (κ2) is 5.99. The summed E-state index contributed by atoms with van der Waals surface area (Å²) in [6.45, 7) is 0.167. The van der Waals surface area contributed by atoms with Gasteiger partial charge in [-0.15, -0.1) is 0 Å². The number of rotatable bonds is 4. The fraction of sp³-hybridized carbons (Fsp3) is 0.167. The highest BCUT2D eigenvalue weighted by Gasteiger charge is 2.14. The molecule has 0 saturated heterocycles. The molecule has 1 heterocycles. The van der Waals surface area contributed by atoms with Crippen LogP contribution in [0.15, 0.2) is 24.5 Å². The molecule has 1 aromatic carbocycles. The first-order chi connectivity index (χ1) is 9.97. The van der Waals surface area contributed by atoms with E-state index < -0.39 is 17.8 Å². The molecule has 21 heavy (non-hydrogen) atoms. The number of urea groups is 1. The first-order valence-corrected chi connectivity index (χ1v) is 5.86. The Hall–Kier alpha value is -2.97. The zero-order valence-corrected chi connectivity index (χ0v) is 11.0. The van der Waals surface area contributed by atoms with Crippen LogP contribution in [0.2, 0.25) is 0 Å². The van der Waals surface area contributed by atoms with E-state index in [1.165, 1.54) is 30.4 Å². The number of aromatic amines is 1. The molecule has 1 aromatic heterocycles. The Morgan fingerprint density at radius 3 is 2.81 bits per heavy atom. The van der Waals surface area contributed by atoms with Crippen molar-refractivity contribution in [3.05, 3.63) is 41.7 Å². The highest BCUT2D eigenvalue weighted by molar-refractivity contribution is 5.91. The van der Waals surface area contributed by atoms with Gasteiger partial charge in [0.15, 0.2) is 0 Å². The Balaban J connectivity index is 2.03. The average Bonchev–Trinajstić information content (AvgIpc) is 2.93. The molecule has 0 aliphatic carbocycles. The number of amides is 2. The van der Waals surface area contributed by atoms with Crippen LogP contribution in [0, 0.1) is 5.82 Å². The molecular weight excluding hydrogens is 281 g/mol. The molecule has 9 heteroatoms. The summed E-state index contributed by atoms with van der Waals surface area (Å²) in [6.07, 6.45) is 1.31. The zero-order chi connectivity index (χ0) is 15.4. The molecule has 110 valence electrons. The normalized spacial score (nSPS) is 10.2. The summed E-state index contributed by atoms with van der Waals surface area (Å²) in [4.78, 5) is 27.7. The van der Waals surface area contributed by atoms with Gasteiger partial charge in [0.05, 0.1) is 17.8 Å². The first-order valence-electron chi connectivity index (χ1n) is 5.86. The molecule has 2 amide bonds. The second-order valence-electron chi connectivity index (χ2n) is 4.22. The van der Waals surface area contributed by atoms with E-state index in [0.29, 0.717) is 5.82 Å². The number of hydrogen-bond donors (Lipinski definition) is 3. The number of nitrogens with one attached hydrogen (secondary N) is 2. The van der Waals surface area contributed by atoms with Crippen LogP contribution in [0.4, 0.5) is 14.9 Å². The number of benzene rings is 1. The van der Waals surface area contributed by atoms with Crippen LogP contribution in [0.25, 0.3) is 0 Å². The number of carboxylic acid groups (broad SMARTS) is 1. The third-order valence-electron chi connectivity index (χ3n) is 2.66. The number of aromatic nitrogens is 3. The van der Waals surface area contributed by atoms with Gasteiger partial charge < -0.3 is 15.3 Å². The molecular formula is C12H12FN5O3. The fourth-order valence-electron chi connectivity index (χ4n) is 1.56. The average molecular weight is 293 g/mol. The van der Waals surface area contributed by atoms with E-state index in [2.05, 4.69) is 20.5 Å². The third-order valence-corrected chi connectivity index (χ3v) is 2.66. The summed E-state index contributed by atoms with van der Waals surface area (Å²) in [5, 5.41) is 17.3. The standard InChI is InChI=1S/C12H12FN5O3/c1-18(5-10-14-6-15-17-10)12(21)16-9-3-2-7(11(19)20)4-8(9)13/h2-4,6H,5H2,1H3,(H,16,21)(H,19,20)(H,14,15,17). The van der Waals surface area contributed by atoms with Crippen LogP contribution in [-0.4, -0.2) is 44.2 Å². The van der Waals surface area contributed by atoms with Crippen molar-refractivity contribution in [3.8, 4) is 0 Å². The van der Waals surface area contributed by atoms with Crippen LogP contribution in [0.1, 0.15) is 16.2 Å². The van der Waals surface area contributed by atoms with E-state index >= 15 is 0 Å². The zero-order valence-electron chi connectivity index (χ0n) is 11.0. The van der Waals surface area contributed by atoms with Gasteiger partial charge in [-0.3, -0.25) is 5.10 Å². The minimum absolute atomic E-state index is 0.102. The minimum Gasteiger partial charge on any atom is -0.478 e. The third kappa shape index (κ3) is 3.53. The Bertz CT molecular complexity index is 659. The van der Waals surface area contributed by atoms with E-state index in [1.54, 1.807) is 0 Å². The molecule has 0 bridgehead atoms. The predicted molar refractivity (Wildman–Crippen MR) is 70.2 cm³/mol. The summed E-state index contributed by atoms with van der Waals surface area (Å²) in [6, 6.07) is 2.68. The van der Waals surface area contributed by atoms with Gasteiger partial charge in [-0.05, 0) is 18.2 Å². The summed E-state index contributed by atoms with van der Waals surface area (Å²) in [5.74, 6) is -1.58. The summed E-state index contributed by atoms with van der Waals surface area (Å²) in [5.41, 5.74) is -0.296. The number of carboxylic acids is 1. The lowest BCUT2D eigenvalue weighted by molar-refractivity contribution is 0.0696. The Kier molecular flexibility index (Phi) is 4.12. The van der Waals surface area contributed by atoms with Gasteiger partial charge in [0, 0.05) is 7.05 Å². The van der Waals surface area contributed by atoms with Crippen LogP contribution >= 0.6 is 0 Å². The maximum absolute atomic E-state index is 13.7. The van der Waals surface area contributed by atoms with E-state index in [1.807, 2.05) is 0 Å². The van der Waals surface area contributed by atoms with Crippen molar-refractivity contribution in [1.29, 1.82) is 0 Å². The van der Waals surface area contributed by atoms with Gasteiger partial charge >= 0.3 is 12.0 Å². The van der Waals surface area contributed by atoms with Crippen molar-refractivity contribution in [2.75, 3.05) is 12.4 Å². The van der Waals surface area contributed by atoms with E-state index in [-0.39, 0.29) is 17.8 Å². The molecule has 0 aliphatic rings.